The summed E-state index contributed by atoms with van der Waals surface area (Å²) in [5.41, 5.74) is -0.735. The molecule has 2 nitrogen and oxygen atoms in total. The average molecular weight is 292 g/mol. The minimum atomic E-state index is -4.86. The van der Waals surface area contributed by atoms with Crippen LogP contribution < -0.4 is 0 Å². The van der Waals surface area contributed by atoms with Gasteiger partial charge in [-0.2, -0.15) is 13.2 Å². The SMILES string of the molecule is C#CC(OC(=O)C1C(C)(C)C1(C)C)/C(F)=C/C(F)(F)F. The number of allylic oxidation sites excluding steroid dienone is 1. The molecule has 1 aliphatic rings. The molecule has 0 radical (unpaired) electrons. The van der Waals surface area contributed by atoms with E-state index < -0.39 is 36.1 Å². The van der Waals surface area contributed by atoms with E-state index >= 15 is 0 Å². The van der Waals surface area contributed by atoms with Gasteiger partial charge in [0.25, 0.3) is 0 Å². The summed E-state index contributed by atoms with van der Waals surface area (Å²) in [5, 5.41) is 0. The van der Waals surface area contributed by atoms with Gasteiger partial charge in [-0.15, -0.1) is 6.42 Å². The molecule has 0 aromatic rings. The topological polar surface area (TPSA) is 26.3 Å². The van der Waals surface area contributed by atoms with E-state index in [0.29, 0.717) is 0 Å². The third-order valence-corrected chi connectivity index (χ3v) is 4.19. The second kappa shape index (κ2) is 4.80. The van der Waals surface area contributed by atoms with Gasteiger partial charge < -0.3 is 4.74 Å². The molecule has 1 saturated carbocycles. The monoisotopic (exact) mass is 292 g/mol. The van der Waals surface area contributed by atoms with Crippen molar-refractivity contribution in [2.75, 3.05) is 0 Å². The second-order valence-corrected chi connectivity index (χ2v) is 5.93. The van der Waals surface area contributed by atoms with E-state index in [0.717, 1.165) is 0 Å². The van der Waals surface area contributed by atoms with Crippen molar-refractivity contribution in [3.63, 3.8) is 0 Å². The standard InChI is InChI=1S/C14H16F4O2/c1-6-9(8(15)7-14(16,17)18)20-11(19)10-12(2,3)13(10,4)5/h1,7,9-10H,2-5H3/b8-7-. The first kappa shape index (κ1) is 16.5. The number of carbonyl (C=O) groups excluding carboxylic acids is 1. The number of alkyl halides is 3. The van der Waals surface area contributed by atoms with E-state index in [1.54, 1.807) is 5.92 Å². The molecule has 0 spiro atoms. The summed E-state index contributed by atoms with van der Waals surface area (Å²) in [6, 6.07) is 0. The van der Waals surface area contributed by atoms with Crippen molar-refractivity contribution in [1.29, 1.82) is 0 Å². The van der Waals surface area contributed by atoms with Gasteiger partial charge in [0, 0.05) is 0 Å². The summed E-state index contributed by atoms with van der Waals surface area (Å²) in [7, 11) is 0. The van der Waals surface area contributed by atoms with Gasteiger partial charge >= 0.3 is 12.1 Å². The molecule has 0 amide bonds. The summed E-state index contributed by atoms with van der Waals surface area (Å²) >= 11 is 0. The Morgan fingerprint density at radius 1 is 1.30 bits per heavy atom. The molecular weight excluding hydrogens is 276 g/mol. The number of hydrogen-bond donors (Lipinski definition) is 0. The molecule has 0 aromatic heterocycles. The van der Waals surface area contributed by atoms with Crippen molar-refractivity contribution >= 4 is 5.97 Å². The Kier molecular flexibility index (Phi) is 3.97. The fraction of sp³-hybridized carbons (Fsp3) is 0.643. The Morgan fingerprint density at radius 3 is 2.05 bits per heavy atom. The van der Waals surface area contributed by atoms with Crippen LogP contribution in [0.15, 0.2) is 11.9 Å². The number of halogens is 4. The van der Waals surface area contributed by atoms with Crippen LogP contribution in [0.4, 0.5) is 17.6 Å². The Morgan fingerprint density at radius 2 is 1.75 bits per heavy atom. The summed E-state index contributed by atoms with van der Waals surface area (Å²) in [5.74, 6) is -1.30. The zero-order valence-corrected chi connectivity index (χ0v) is 11.6. The maximum Gasteiger partial charge on any atom is 0.412 e. The van der Waals surface area contributed by atoms with Crippen LogP contribution in [0, 0.1) is 29.1 Å². The molecule has 0 bridgehead atoms. The molecule has 1 aliphatic carbocycles. The summed E-state index contributed by atoms with van der Waals surface area (Å²) in [4.78, 5) is 11.9. The molecule has 0 aliphatic heterocycles. The van der Waals surface area contributed by atoms with E-state index in [4.69, 9.17) is 6.42 Å². The van der Waals surface area contributed by atoms with E-state index in [2.05, 4.69) is 4.74 Å². The zero-order chi connectivity index (χ0) is 15.9. The highest BCUT2D eigenvalue weighted by atomic mass is 19.4. The molecule has 1 atom stereocenters. The van der Waals surface area contributed by atoms with Gasteiger partial charge in [-0.1, -0.05) is 33.6 Å². The maximum atomic E-state index is 13.3. The molecule has 0 N–H and O–H groups in total. The predicted molar refractivity (Wildman–Crippen MR) is 65.0 cm³/mol. The Labute approximate surface area is 115 Å². The van der Waals surface area contributed by atoms with Crippen LogP contribution in [0.25, 0.3) is 0 Å². The normalized spacial score (nSPS) is 22.9. The van der Waals surface area contributed by atoms with Crippen molar-refractivity contribution in [1.82, 2.24) is 0 Å². The van der Waals surface area contributed by atoms with Crippen molar-refractivity contribution in [3.8, 4) is 12.3 Å². The van der Waals surface area contributed by atoms with Crippen molar-refractivity contribution in [3.05, 3.63) is 11.9 Å². The lowest BCUT2D eigenvalue weighted by atomic mass is 10.0. The van der Waals surface area contributed by atoms with Crippen LogP contribution in [0.2, 0.25) is 0 Å². The van der Waals surface area contributed by atoms with Crippen molar-refractivity contribution < 1.29 is 27.1 Å². The molecular formula is C14H16F4O2. The average Bonchev–Trinajstić information content (AvgIpc) is 2.63. The van der Waals surface area contributed by atoms with Gasteiger partial charge in [0.2, 0.25) is 6.10 Å². The number of esters is 1. The van der Waals surface area contributed by atoms with E-state index in [1.165, 1.54) is 0 Å². The summed E-state index contributed by atoms with van der Waals surface area (Å²) < 4.78 is 54.1. The number of terminal acetylenes is 1. The van der Waals surface area contributed by atoms with Crippen molar-refractivity contribution in [2.45, 2.75) is 40.0 Å². The lowest BCUT2D eigenvalue weighted by Crippen LogP contribution is -2.22. The summed E-state index contributed by atoms with van der Waals surface area (Å²) in [6.45, 7) is 7.30. The highest BCUT2D eigenvalue weighted by molar-refractivity contribution is 5.79. The van der Waals surface area contributed by atoms with E-state index in [9.17, 15) is 22.4 Å². The van der Waals surface area contributed by atoms with Gasteiger partial charge in [0.05, 0.1) is 12.0 Å². The zero-order valence-electron chi connectivity index (χ0n) is 11.6. The first-order valence-electron chi connectivity index (χ1n) is 5.96. The van der Waals surface area contributed by atoms with Gasteiger partial charge in [-0.25, -0.2) is 4.39 Å². The minimum Gasteiger partial charge on any atom is -0.441 e. The van der Waals surface area contributed by atoms with Crippen LogP contribution in [0.1, 0.15) is 27.7 Å². The van der Waals surface area contributed by atoms with Crippen LogP contribution in [-0.2, 0) is 9.53 Å². The van der Waals surface area contributed by atoms with Gasteiger partial charge in [0.1, 0.15) is 0 Å². The molecule has 1 unspecified atom stereocenters. The maximum absolute atomic E-state index is 13.3. The highest BCUT2D eigenvalue weighted by Crippen LogP contribution is 2.68. The molecule has 1 rings (SSSR count). The molecule has 0 saturated heterocycles. The van der Waals surface area contributed by atoms with E-state index in [-0.39, 0.29) is 10.8 Å². The number of hydrogen-bond acceptors (Lipinski definition) is 2. The Hall–Kier alpha value is -1.51. The fourth-order valence-corrected chi connectivity index (χ4v) is 2.37. The molecule has 0 aromatic carbocycles. The Bertz CT molecular complexity index is 466. The highest BCUT2D eigenvalue weighted by Gasteiger charge is 2.69. The van der Waals surface area contributed by atoms with Crippen molar-refractivity contribution in [2.24, 2.45) is 16.7 Å². The van der Waals surface area contributed by atoms with Crippen LogP contribution in [-0.4, -0.2) is 18.2 Å². The minimum absolute atomic E-state index is 0.368. The third-order valence-electron chi connectivity index (χ3n) is 4.19. The third kappa shape index (κ3) is 2.97. The lowest BCUT2D eigenvalue weighted by molar-refractivity contribution is -0.149. The molecule has 1 fully saturated rings. The first-order valence-corrected chi connectivity index (χ1v) is 5.96. The van der Waals surface area contributed by atoms with E-state index in [1.807, 2.05) is 27.7 Å². The fourth-order valence-electron chi connectivity index (χ4n) is 2.37. The smallest absolute Gasteiger partial charge is 0.412 e. The van der Waals surface area contributed by atoms with Gasteiger partial charge in [-0.05, 0) is 10.8 Å². The first-order chi connectivity index (χ1) is 8.84. The van der Waals surface area contributed by atoms with Crippen LogP contribution in [0.5, 0.6) is 0 Å². The number of carbonyl (C=O) groups is 1. The second-order valence-electron chi connectivity index (χ2n) is 5.93. The number of ether oxygens (including phenoxy) is 1. The summed E-state index contributed by atoms with van der Waals surface area (Å²) in [6.07, 6.45) is -2.49. The molecule has 0 heterocycles. The lowest BCUT2D eigenvalue weighted by Gasteiger charge is -2.12. The largest absolute Gasteiger partial charge is 0.441 e. The molecule has 6 heteroatoms. The molecule has 112 valence electrons. The molecule has 20 heavy (non-hydrogen) atoms. The van der Waals surface area contributed by atoms with Gasteiger partial charge in [0.15, 0.2) is 5.83 Å². The predicted octanol–water partition coefficient (Wildman–Crippen LogP) is 3.63. The van der Waals surface area contributed by atoms with Gasteiger partial charge in [-0.3, -0.25) is 4.79 Å². The van der Waals surface area contributed by atoms with Crippen LogP contribution in [0.3, 0.4) is 0 Å². The number of rotatable bonds is 3. The van der Waals surface area contributed by atoms with Crippen LogP contribution >= 0.6 is 0 Å². The Balaban J connectivity index is 2.80. The quantitative estimate of drug-likeness (QED) is 0.451.